The molecule has 1 aliphatic heterocycles. The normalized spacial score (nSPS) is 17.6. The molecule has 1 aliphatic rings. The van der Waals surface area contributed by atoms with Gasteiger partial charge in [0.1, 0.15) is 11.6 Å². The van der Waals surface area contributed by atoms with Crippen molar-refractivity contribution in [1.82, 2.24) is 10.2 Å². The molecule has 0 saturated carbocycles. The van der Waals surface area contributed by atoms with E-state index >= 15 is 0 Å². The fraction of sp³-hybridized carbons (Fsp3) is 0.143. The number of H-pyrrole nitrogens is 1. The van der Waals surface area contributed by atoms with Gasteiger partial charge in [-0.05, 0) is 12.5 Å². The third-order valence-electron chi connectivity index (χ3n) is 3.26. The van der Waals surface area contributed by atoms with Crippen molar-refractivity contribution in [2.24, 2.45) is 5.73 Å². The summed E-state index contributed by atoms with van der Waals surface area (Å²) in [4.78, 5) is 0. The quantitative estimate of drug-likeness (QED) is 0.811. The number of benzene rings is 1. The molecule has 1 aromatic carbocycles. The number of aromatic nitrogens is 2. The average molecular weight is 252 g/mol. The fourth-order valence-electron chi connectivity index (χ4n) is 2.38. The molecule has 0 amide bonds. The van der Waals surface area contributed by atoms with Crippen LogP contribution in [0.5, 0.6) is 5.88 Å². The van der Waals surface area contributed by atoms with E-state index in [0.717, 1.165) is 16.8 Å². The third kappa shape index (κ3) is 1.66. The molecular weight excluding hydrogens is 240 g/mol. The summed E-state index contributed by atoms with van der Waals surface area (Å²) in [6.07, 6.45) is 0. The van der Waals surface area contributed by atoms with Crippen LogP contribution in [0, 0.1) is 18.3 Å². The molecule has 0 fully saturated rings. The lowest BCUT2D eigenvalue weighted by atomic mass is 9.84. The van der Waals surface area contributed by atoms with Gasteiger partial charge in [0.15, 0.2) is 0 Å². The minimum absolute atomic E-state index is 0.121. The Bertz CT molecular complexity index is 694. The number of aromatic amines is 1. The Morgan fingerprint density at radius 2 is 2.11 bits per heavy atom. The van der Waals surface area contributed by atoms with E-state index in [4.69, 9.17) is 10.5 Å². The lowest BCUT2D eigenvalue weighted by Crippen LogP contribution is -2.20. The zero-order valence-corrected chi connectivity index (χ0v) is 10.3. The van der Waals surface area contributed by atoms with Gasteiger partial charge in [0.25, 0.3) is 0 Å². The first kappa shape index (κ1) is 11.4. The number of nitrogens with one attached hydrogen (secondary N) is 1. The van der Waals surface area contributed by atoms with E-state index in [9.17, 15) is 5.26 Å². The van der Waals surface area contributed by atoms with Gasteiger partial charge in [0.2, 0.25) is 11.8 Å². The SMILES string of the molecule is Cc1[nH]nc2c1C(c1ccccc1)C(C#N)=C(N)O2. The second kappa shape index (κ2) is 4.18. The van der Waals surface area contributed by atoms with Crippen LogP contribution >= 0.6 is 0 Å². The van der Waals surface area contributed by atoms with E-state index in [1.54, 1.807) is 0 Å². The smallest absolute Gasteiger partial charge is 0.244 e. The number of ether oxygens (including phenoxy) is 1. The Balaban J connectivity index is 2.25. The van der Waals surface area contributed by atoms with Gasteiger partial charge >= 0.3 is 0 Å². The molecule has 1 atom stereocenters. The summed E-state index contributed by atoms with van der Waals surface area (Å²) >= 11 is 0. The Morgan fingerprint density at radius 1 is 1.37 bits per heavy atom. The largest absolute Gasteiger partial charge is 0.420 e. The summed E-state index contributed by atoms with van der Waals surface area (Å²) in [5.74, 6) is 0.340. The number of hydrogen-bond donors (Lipinski definition) is 2. The molecule has 0 spiro atoms. The van der Waals surface area contributed by atoms with Crippen molar-refractivity contribution < 1.29 is 4.74 Å². The summed E-state index contributed by atoms with van der Waals surface area (Å²) < 4.78 is 5.40. The molecule has 1 aromatic heterocycles. The Morgan fingerprint density at radius 3 is 2.79 bits per heavy atom. The fourth-order valence-corrected chi connectivity index (χ4v) is 2.38. The molecule has 0 radical (unpaired) electrons. The molecule has 5 heteroatoms. The minimum atomic E-state index is -0.228. The summed E-state index contributed by atoms with van der Waals surface area (Å²) in [6, 6.07) is 11.9. The zero-order valence-electron chi connectivity index (χ0n) is 10.3. The number of hydrogen-bond acceptors (Lipinski definition) is 4. The van der Waals surface area contributed by atoms with Gasteiger partial charge in [-0.25, -0.2) is 0 Å². The van der Waals surface area contributed by atoms with Crippen LogP contribution in [0.15, 0.2) is 41.8 Å². The molecule has 19 heavy (non-hydrogen) atoms. The molecule has 0 aliphatic carbocycles. The standard InChI is InChI=1S/C14H12N4O/c1-8-11-12(9-5-3-2-4-6-9)10(7-15)13(16)19-14(11)18-17-8/h2-6,12H,16H2,1H3,(H,17,18). The van der Waals surface area contributed by atoms with Crippen molar-refractivity contribution in [3.8, 4) is 11.9 Å². The third-order valence-corrected chi connectivity index (χ3v) is 3.26. The number of nitriles is 1. The average Bonchev–Trinajstić information content (AvgIpc) is 2.79. The Kier molecular flexibility index (Phi) is 2.50. The predicted molar refractivity (Wildman–Crippen MR) is 69.1 cm³/mol. The molecule has 0 saturated heterocycles. The number of fused-ring (bicyclic) bond motifs is 1. The summed E-state index contributed by atoms with van der Waals surface area (Å²) in [7, 11) is 0. The highest BCUT2D eigenvalue weighted by Crippen LogP contribution is 2.42. The van der Waals surface area contributed by atoms with Crippen molar-refractivity contribution in [1.29, 1.82) is 5.26 Å². The van der Waals surface area contributed by atoms with Crippen LogP contribution in [0.3, 0.4) is 0 Å². The van der Waals surface area contributed by atoms with Gasteiger partial charge < -0.3 is 10.5 Å². The van der Waals surface area contributed by atoms with Crippen LogP contribution in [-0.2, 0) is 0 Å². The van der Waals surface area contributed by atoms with Crippen molar-refractivity contribution in [3.63, 3.8) is 0 Å². The van der Waals surface area contributed by atoms with Gasteiger partial charge in [-0.3, -0.25) is 5.10 Å². The van der Waals surface area contributed by atoms with E-state index < -0.39 is 0 Å². The predicted octanol–water partition coefficient (Wildman–Crippen LogP) is 1.94. The van der Waals surface area contributed by atoms with Crippen LogP contribution in [0.1, 0.15) is 22.7 Å². The summed E-state index contributed by atoms with van der Waals surface area (Å²) in [6.45, 7) is 1.90. The van der Waals surface area contributed by atoms with E-state index in [2.05, 4.69) is 16.3 Å². The maximum atomic E-state index is 9.35. The maximum absolute atomic E-state index is 9.35. The van der Waals surface area contributed by atoms with Crippen LogP contribution < -0.4 is 10.5 Å². The summed E-state index contributed by atoms with van der Waals surface area (Å²) in [5, 5.41) is 16.3. The topological polar surface area (TPSA) is 87.7 Å². The molecule has 2 heterocycles. The van der Waals surface area contributed by atoms with Gasteiger partial charge in [0, 0.05) is 11.3 Å². The molecule has 5 nitrogen and oxygen atoms in total. The second-order valence-corrected chi connectivity index (χ2v) is 4.40. The van der Waals surface area contributed by atoms with Gasteiger partial charge in [-0.2, -0.15) is 5.26 Å². The summed E-state index contributed by atoms with van der Waals surface area (Å²) in [5.41, 5.74) is 8.99. The second-order valence-electron chi connectivity index (χ2n) is 4.40. The van der Waals surface area contributed by atoms with Crippen molar-refractivity contribution in [3.05, 3.63) is 58.6 Å². The van der Waals surface area contributed by atoms with Crippen LogP contribution in [0.4, 0.5) is 0 Å². The van der Waals surface area contributed by atoms with Crippen molar-refractivity contribution in [2.45, 2.75) is 12.8 Å². The van der Waals surface area contributed by atoms with E-state index in [1.807, 2.05) is 37.3 Å². The maximum Gasteiger partial charge on any atom is 0.244 e. The zero-order chi connectivity index (χ0) is 13.4. The highest BCUT2D eigenvalue weighted by molar-refractivity contribution is 5.54. The number of rotatable bonds is 1. The molecule has 2 aromatic rings. The molecular formula is C14H12N4O. The first-order valence-corrected chi connectivity index (χ1v) is 5.89. The van der Waals surface area contributed by atoms with E-state index in [-0.39, 0.29) is 11.8 Å². The molecule has 94 valence electrons. The van der Waals surface area contributed by atoms with Gasteiger partial charge in [-0.1, -0.05) is 30.3 Å². The number of nitrogens with zero attached hydrogens (tertiary/aromatic N) is 2. The first-order valence-electron chi connectivity index (χ1n) is 5.89. The number of allylic oxidation sites excluding steroid dienone is 1. The monoisotopic (exact) mass is 252 g/mol. The Labute approximate surface area is 110 Å². The molecule has 0 bridgehead atoms. The first-order chi connectivity index (χ1) is 9.22. The van der Waals surface area contributed by atoms with Gasteiger partial charge in [-0.15, -0.1) is 5.10 Å². The van der Waals surface area contributed by atoms with Gasteiger partial charge in [0.05, 0.1) is 5.92 Å². The number of nitrogens with two attached hydrogens (primary N) is 1. The molecule has 1 unspecified atom stereocenters. The lowest BCUT2D eigenvalue weighted by Gasteiger charge is -2.23. The highest BCUT2D eigenvalue weighted by atomic mass is 16.5. The van der Waals surface area contributed by atoms with Crippen LogP contribution in [-0.4, -0.2) is 10.2 Å². The molecule has 3 rings (SSSR count). The number of aryl methyl sites for hydroxylation is 1. The van der Waals surface area contributed by atoms with E-state index in [0.29, 0.717) is 11.5 Å². The Hall–Kier alpha value is -2.74. The van der Waals surface area contributed by atoms with E-state index in [1.165, 1.54) is 0 Å². The molecule has 3 N–H and O–H groups in total. The lowest BCUT2D eigenvalue weighted by molar-refractivity contribution is 0.379. The van der Waals surface area contributed by atoms with Crippen molar-refractivity contribution in [2.75, 3.05) is 0 Å². The highest BCUT2D eigenvalue weighted by Gasteiger charge is 2.33. The van der Waals surface area contributed by atoms with Crippen LogP contribution in [0.25, 0.3) is 0 Å². The van der Waals surface area contributed by atoms with Crippen LogP contribution in [0.2, 0.25) is 0 Å². The minimum Gasteiger partial charge on any atom is -0.420 e. The van der Waals surface area contributed by atoms with Crippen molar-refractivity contribution >= 4 is 0 Å².